The summed E-state index contributed by atoms with van der Waals surface area (Å²) >= 11 is 0. The van der Waals surface area contributed by atoms with Crippen LogP contribution in [0.2, 0.25) is 0 Å². The van der Waals surface area contributed by atoms with Gasteiger partial charge < -0.3 is 9.42 Å². The number of aromatic nitrogens is 4. The van der Waals surface area contributed by atoms with Crippen molar-refractivity contribution >= 4 is 24.3 Å². The molecule has 0 bridgehead atoms. The highest BCUT2D eigenvalue weighted by atomic mass is 31.2. The molecule has 134 valence electrons. The number of fused-ring (bicyclic) bond motifs is 3. The predicted molar refractivity (Wildman–Crippen MR) is 81.2 cm³/mol. The molecule has 3 rings (SSSR count). The number of nitrogens with zero attached hydrogens (tertiary/aromatic N) is 4. The summed E-state index contributed by atoms with van der Waals surface area (Å²) < 4.78 is 57.8. The van der Waals surface area contributed by atoms with Crippen molar-refractivity contribution < 1.29 is 27.2 Å². The summed E-state index contributed by atoms with van der Waals surface area (Å²) in [5, 5.41) is 7.19. The van der Waals surface area contributed by atoms with Crippen LogP contribution >= 0.6 is 7.60 Å². The van der Waals surface area contributed by atoms with Gasteiger partial charge in [0.1, 0.15) is 12.6 Å². The number of rotatable bonds is 4. The smallest absolute Gasteiger partial charge is 0.323 e. The molecule has 25 heavy (non-hydrogen) atoms. The Bertz CT molecular complexity index is 1060. The van der Waals surface area contributed by atoms with Gasteiger partial charge in [-0.1, -0.05) is 0 Å². The molecule has 1 unspecified atom stereocenters. The third-order valence-corrected chi connectivity index (χ3v) is 4.79. The van der Waals surface area contributed by atoms with Gasteiger partial charge in [-0.25, -0.2) is 0 Å². The number of alkyl halides is 3. The van der Waals surface area contributed by atoms with E-state index in [4.69, 9.17) is 4.52 Å². The summed E-state index contributed by atoms with van der Waals surface area (Å²) in [6, 6.07) is 2.73. The van der Waals surface area contributed by atoms with Gasteiger partial charge in [0.15, 0.2) is 0 Å². The SMILES string of the molecule is CCOP(=O)(O)Cn1c(=O)c2nncn2c2ccc(C(F)(F)F)cc21. The highest BCUT2D eigenvalue weighted by Gasteiger charge is 2.32. The summed E-state index contributed by atoms with van der Waals surface area (Å²) in [6.45, 7) is 1.38. The Kier molecular flexibility index (Phi) is 4.18. The van der Waals surface area contributed by atoms with Gasteiger partial charge in [0.05, 0.1) is 23.2 Å². The van der Waals surface area contributed by atoms with Crippen LogP contribution in [0.15, 0.2) is 29.3 Å². The second-order valence-corrected chi connectivity index (χ2v) is 6.97. The predicted octanol–water partition coefficient (Wildman–Crippen LogP) is 2.24. The number of hydrogen-bond acceptors (Lipinski definition) is 5. The lowest BCUT2D eigenvalue weighted by molar-refractivity contribution is -0.137. The van der Waals surface area contributed by atoms with E-state index in [0.29, 0.717) is 0 Å². The second kappa shape index (κ2) is 5.94. The molecule has 3 aromatic rings. The van der Waals surface area contributed by atoms with Crippen molar-refractivity contribution in [3.8, 4) is 0 Å². The van der Waals surface area contributed by atoms with Crippen LogP contribution in [-0.4, -0.2) is 30.7 Å². The van der Waals surface area contributed by atoms with E-state index in [9.17, 15) is 27.4 Å². The van der Waals surface area contributed by atoms with E-state index in [2.05, 4.69) is 10.2 Å². The van der Waals surface area contributed by atoms with Crippen molar-refractivity contribution in [3.05, 3.63) is 40.4 Å². The van der Waals surface area contributed by atoms with Crippen LogP contribution in [0.1, 0.15) is 12.5 Å². The fraction of sp³-hybridized carbons (Fsp3) is 0.308. The molecule has 0 amide bonds. The van der Waals surface area contributed by atoms with E-state index in [-0.39, 0.29) is 23.3 Å². The van der Waals surface area contributed by atoms with Gasteiger partial charge >= 0.3 is 13.8 Å². The van der Waals surface area contributed by atoms with Crippen LogP contribution in [0.25, 0.3) is 16.7 Å². The Labute approximate surface area is 138 Å². The largest absolute Gasteiger partial charge is 0.416 e. The Morgan fingerprint density at radius 3 is 2.68 bits per heavy atom. The Hall–Kier alpha value is -2.23. The minimum absolute atomic E-state index is 0.0958. The van der Waals surface area contributed by atoms with Crippen molar-refractivity contribution in [3.63, 3.8) is 0 Å². The van der Waals surface area contributed by atoms with Gasteiger partial charge in [0, 0.05) is 0 Å². The van der Waals surface area contributed by atoms with Crippen molar-refractivity contribution in [2.24, 2.45) is 0 Å². The third-order valence-electron chi connectivity index (χ3n) is 3.49. The van der Waals surface area contributed by atoms with Crippen LogP contribution < -0.4 is 5.56 Å². The highest BCUT2D eigenvalue weighted by molar-refractivity contribution is 7.51. The lowest BCUT2D eigenvalue weighted by Gasteiger charge is -2.16. The highest BCUT2D eigenvalue weighted by Crippen LogP contribution is 2.44. The minimum atomic E-state index is -4.64. The van der Waals surface area contributed by atoms with E-state index in [0.717, 1.165) is 22.8 Å². The average Bonchev–Trinajstić information content (AvgIpc) is 2.99. The molecule has 0 saturated carbocycles. The maximum atomic E-state index is 13.0. The molecule has 0 radical (unpaired) electrons. The van der Waals surface area contributed by atoms with Gasteiger partial charge in [0.25, 0.3) is 5.56 Å². The molecule has 2 aromatic heterocycles. The van der Waals surface area contributed by atoms with Gasteiger partial charge in [-0.3, -0.25) is 18.3 Å². The zero-order valence-electron chi connectivity index (χ0n) is 12.8. The standard InChI is InChI=1S/C13H12F3N4O4P/c1-2-24-25(22,23)7-20-10-5-8(13(14,15)16)3-4-9(10)19-6-17-18-11(19)12(20)21/h3-6H,2,7H2,1H3,(H,22,23). The molecule has 8 nitrogen and oxygen atoms in total. The van der Waals surface area contributed by atoms with E-state index in [1.165, 1.54) is 17.7 Å². The first kappa shape index (κ1) is 17.6. The van der Waals surface area contributed by atoms with Gasteiger partial charge in [-0.05, 0) is 25.1 Å². The molecule has 0 spiro atoms. The molecule has 2 heterocycles. The van der Waals surface area contributed by atoms with Crippen LogP contribution in [0.3, 0.4) is 0 Å². The summed E-state index contributed by atoms with van der Waals surface area (Å²) in [5.41, 5.74) is -2.02. The molecule has 1 atom stereocenters. The normalized spacial score (nSPS) is 14.9. The minimum Gasteiger partial charge on any atom is -0.323 e. The molecular weight excluding hydrogens is 364 g/mol. The van der Waals surface area contributed by atoms with Crippen LogP contribution in [0.5, 0.6) is 0 Å². The quantitative estimate of drug-likeness (QED) is 0.702. The summed E-state index contributed by atoms with van der Waals surface area (Å²) in [4.78, 5) is 22.3. The third kappa shape index (κ3) is 3.17. The fourth-order valence-corrected chi connectivity index (χ4v) is 3.59. The molecule has 0 fully saturated rings. The zero-order valence-corrected chi connectivity index (χ0v) is 13.7. The molecular formula is C13H12F3N4O4P. The Morgan fingerprint density at radius 2 is 2.04 bits per heavy atom. The van der Waals surface area contributed by atoms with Crippen LogP contribution in [-0.2, 0) is 21.6 Å². The molecule has 0 aliphatic rings. The van der Waals surface area contributed by atoms with Gasteiger partial charge in [0.2, 0.25) is 5.65 Å². The number of halogens is 3. The maximum Gasteiger partial charge on any atom is 0.416 e. The van der Waals surface area contributed by atoms with E-state index in [1.807, 2.05) is 0 Å². The molecule has 0 aliphatic heterocycles. The van der Waals surface area contributed by atoms with Crippen LogP contribution in [0.4, 0.5) is 13.2 Å². The molecule has 0 aliphatic carbocycles. The second-order valence-electron chi connectivity index (χ2n) is 5.16. The van der Waals surface area contributed by atoms with Crippen molar-refractivity contribution in [1.82, 2.24) is 19.2 Å². The number of hydrogen-bond donors (Lipinski definition) is 1. The van der Waals surface area contributed by atoms with E-state index >= 15 is 0 Å². The fourth-order valence-electron chi connectivity index (χ4n) is 2.47. The summed E-state index contributed by atoms with van der Waals surface area (Å²) in [6.07, 6.45) is -4.27. The Morgan fingerprint density at radius 1 is 1.32 bits per heavy atom. The molecule has 1 aromatic carbocycles. The van der Waals surface area contributed by atoms with Crippen LogP contribution in [0, 0.1) is 0 Å². The molecule has 0 saturated heterocycles. The molecule has 1 N–H and O–H groups in total. The Balaban J connectivity index is 2.36. The van der Waals surface area contributed by atoms with Crippen molar-refractivity contribution in [2.75, 3.05) is 6.61 Å². The summed E-state index contributed by atoms with van der Waals surface area (Å²) in [7, 11) is -4.24. The van der Waals surface area contributed by atoms with Gasteiger partial charge in [-0.2, -0.15) is 13.2 Å². The zero-order chi connectivity index (χ0) is 18.4. The lowest BCUT2D eigenvalue weighted by atomic mass is 10.2. The average molecular weight is 376 g/mol. The maximum absolute atomic E-state index is 13.0. The topological polar surface area (TPSA) is 98.7 Å². The van der Waals surface area contributed by atoms with E-state index < -0.39 is 31.2 Å². The first-order valence-electron chi connectivity index (χ1n) is 7.04. The van der Waals surface area contributed by atoms with Gasteiger partial charge in [-0.15, -0.1) is 10.2 Å². The monoisotopic (exact) mass is 376 g/mol. The first-order chi connectivity index (χ1) is 11.6. The van der Waals surface area contributed by atoms with Crippen molar-refractivity contribution in [1.29, 1.82) is 0 Å². The summed E-state index contributed by atoms with van der Waals surface area (Å²) in [5.74, 6) is 0. The van der Waals surface area contributed by atoms with E-state index in [1.54, 1.807) is 0 Å². The number of benzene rings is 1. The van der Waals surface area contributed by atoms with Crippen molar-refractivity contribution in [2.45, 2.75) is 19.4 Å². The first-order valence-corrected chi connectivity index (χ1v) is 8.80. The lowest BCUT2D eigenvalue weighted by Crippen LogP contribution is -2.24. The molecule has 12 heteroatoms.